The average Bonchev–Trinajstić information content (AvgIpc) is 2.66. The van der Waals surface area contributed by atoms with Crippen LogP contribution in [0.15, 0.2) is 53.4 Å². The Morgan fingerprint density at radius 2 is 1.66 bits per heavy atom. The molecule has 0 heterocycles. The second kappa shape index (κ2) is 9.57. The van der Waals surface area contributed by atoms with Crippen LogP contribution in [0.4, 0.5) is 4.39 Å². The van der Waals surface area contributed by atoms with Crippen LogP contribution in [-0.2, 0) is 14.8 Å². The monoisotopic (exact) mass is 443 g/mol. The molecule has 0 aliphatic carbocycles. The number of nitrogens with one attached hydrogen (secondary N) is 1. The van der Waals surface area contributed by atoms with E-state index in [4.69, 9.17) is 9.84 Å². The fraction of sp³-hybridized carbons (Fsp3) is 0.316. The first-order valence-corrected chi connectivity index (χ1v) is 11.1. The molecule has 0 aromatic heterocycles. The highest BCUT2D eigenvalue weighted by atomic mass is 32.2. The number of halogens is 1. The minimum Gasteiger partial charge on any atom is -0.480 e. The molecular formula is C19H22FNO6S2. The average molecular weight is 444 g/mol. The van der Waals surface area contributed by atoms with Crippen LogP contribution in [0.2, 0.25) is 0 Å². The van der Waals surface area contributed by atoms with E-state index in [9.17, 15) is 22.7 Å². The van der Waals surface area contributed by atoms with Gasteiger partial charge in [0.1, 0.15) is 23.4 Å². The number of rotatable bonds is 10. The zero-order chi connectivity index (χ0) is 21.7. The Kier molecular flexibility index (Phi) is 7.64. The summed E-state index contributed by atoms with van der Waals surface area (Å²) < 4.78 is 45.0. The zero-order valence-corrected chi connectivity index (χ0v) is 17.5. The van der Waals surface area contributed by atoms with Crippen molar-refractivity contribution >= 4 is 27.8 Å². The van der Waals surface area contributed by atoms with Crippen LogP contribution >= 0.6 is 11.8 Å². The van der Waals surface area contributed by atoms with Crippen molar-refractivity contribution < 1.29 is 32.6 Å². The van der Waals surface area contributed by atoms with E-state index >= 15 is 0 Å². The SMILES string of the molecule is CC(C)(SCCO)C(NS(=O)(=O)c1ccc(Oc2ccc(F)cc2)cc1)C(=O)O. The van der Waals surface area contributed by atoms with Crippen LogP contribution in [-0.4, -0.2) is 47.7 Å². The summed E-state index contributed by atoms with van der Waals surface area (Å²) in [4.78, 5) is 11.5. The Balaban J connectivity index is 2.16. The van der Waals surface area contributed by atoms with Crippen LogP contribution < -0.4 is 9.46 Å². The summed E-state index contributed by atoms with van der Waals surface area (Å²) in [5.74, 6) is -0.732. The highest BCUT2D eigenvalue weighted by Crippen LogP contribution is 2.30. The Labute approximate surface area is 173 Å². The normalized spacial score (nSPS) is 13.1. The highest BCUT2D eigenvalue weighted by molar-refractivity contribution is 8.00. The maximum absolute atomic E-state index is 12.9. The molecule has 2 rings (SSSR count). The lowest BCUT2D eigenvalue weighted by molar-refractivity contribution is -0.139. The number of benzene rings is 2. The second-order valence-electron chi connectivity index (χ2n) is 6.60. The van der Waals surface area contributed by atoms with Crippen molar-refractivity contribution in [2.75, 3.05) is 12.4 Å². The number of ether oxygens (including phenoxy) is 1. The molecule has 0 bridgehead atoms. The summed E-state index contributed by atoms with van der Waals surface area (Å²) in [6.45, 7) is 3.03. The second-order valence-corrected chi connectivity index (χ2v) is 10.1. The van der Waals surface area contributed by atoms with Gasteiger partial charge >= 0.3 is 5.97 Å². The first-order valence-electron chi connectivity index (χ1n) is 8.58. The minimum absolute atomic E-state index is 0.127. The molecule has 2 aromatic rings. The van der Waals surface area contributed by atoms with E-state index in [1.807, 2.05) is 0 Å². The first kappa shape index (κ1) is 23.1. The molecule has 0 amide bonds. The Bertz CT molecular complexity index is 930. The van der Waals surface area contributed by atoms with Gasteiger partial charge in [0.05, 0.1) is 11.5 Å². The molecule has 1 unspecified atom stereocenters. The lowest BCUT2D eigenvalue weighted by Crippen LogP contribution is -2.52. The molecule has 3 N–H and O–H groups in total. The summed E-state index contributed by atoms with van der Waals surface area (Å²) in [5.41, 5.74) is 0. The molecule has 0 radical (unpaired) electrons. The van der Waals surface area contributed by atoms with Gasteiger partial charge in [-0.05, 0) is 62.4 Å². The lowest BCUT2D eigenvalue weighted by Gasteiger charge is -2.31. The predicted molar refractivity (Wildman–Crippen MR) is 108 cm³/mol. The third-order valence-electron chi connectivity index (χ3n) is 3.96. The van der Waals surface area contributed by atoms with Crippen molar-refractivity contribution in [3.05, 3.63) is 54.3 Å². The van der Waals surface area contributed by atoms with Crippen molar-refractivity contribution in [2.45, 2.75) is 29.5 Å². The third-order valence-corrected chi connectivity index (χ3v) is 6.77. The summed E-state index contributed by atoms with van der Waals surface area (Å²) in [7, 11) is -4.12. The van der Waals surface area contributed by atoms with Gasteiger partial charge in [-0.2, -0.15) is 16.5 Å². The molecule has 158 valence electrons. The van der Waals surface area contributed by atoms with Crippen LogP contribution in [0.1, 0.15) is 13.8 Å². The fourth-order valence-electron chi connectivity index (χ4n) is 2.43. The molecule has 0 spiro atoms. The standard InChI is InChI=1S/C19H22FNO6S2/c1-19(2,28-12-11-22)17(18(23)24)21-29(25,26)16-9-7-15(8-10-16)27-14-5-3-13(20)4-6-14/h3-10,17,21-22H,11-12H2,1-2H3,(H,23,24). The van der Waals surface area contributed by atoms with Crippen molar-refractivity contribution in [2.24, 2.45) is 0 Å². The molecule has 10 heteroatoms. The maximum Gasteiger partial charge on any atom is 0.323 e. The van der Waals surface area contributed by atoms with E-state index < -0.39 is 32.6 Å². The Hall–Kier alpha value is -2.14. The van der Waals surface area contributed by atoms with Crippen molar-refractivity contribution in [1.29, 1.82) is 0 Å². The Morgan fingerprint density at radius 3 is 2.14 bits per heavy atom. The van der Waals surface area contributed by atoms with Gasteiger partial charge in [0.2, 0.25) is 10.0 Å². The number of aliphatic carboxylic acids is 1. The summed E-state index contributed by atoms with van der Waals surface area (Å²) in [5, 5.41) is 18.5. The van der Waals surface area contributed by atoms with Gasteiger partial charge in [0.15, 0.2) is 0 Å². The number of carboxylic acids is 1. The molecule has 0 saturated heterocycles. The largest absolute Gasteiger partial charge is 0.480 e. The first-order chi connectivity index (χ1) is 13.5. The quantitative estimate of drug-likeness (QED) is 0.517. The van der Waals surface area contributed by atoms with Crippen LogP contribution in [0.5, 0.6) is 11.5 Å². The lowest BCUT2D eigenvalue weighted by atomic mass is 10.1. The topological polar surface area (TPSA) is 113 Å². The smallest absolute Gasteiger partial charge is 0.323 e. The number of sulfonamides is 1. The fourth-order valence-corrected chi connectivity index (χ4v) is 4.79. The van der Waals surface area contributed by atoms with Gasteiger partial charge in [-0.1, -0.05) is 0 Å². The van der Waals surface area contributed by atoms with E-state index in [0.717, 1.165) is 11.8 Å². The van der Waals surface area contributed by atoms with Crippen LogP contribution in [0.25, 0.3) is 0 Å². The molecule has 0 saturated carbocycles. The number of thioether (sulfide) groups is 1. The third kappa shape index (κ3) is 6.43. The minimum atomic E-state index is -4.12. The molecule has 29 heavy (non-hydrogen) atoms. The zero-order valence-electron chi connectivity index (χ0n) is 15.8. The highest BCUT2D eigenvalue weighted by Gasteiger charge is 2.39. The number of aliphatic hydroxyl groups is 1. The van der Waals surface area contributed by atoms with Crippen molar-refractivity contribution in [3.8, 4) is 11.5 Å². The van der Waals surface area contributed by atoms with E-state index in [-0.39, 0.29) is 17.3 Å². The number of carboxylic acid groups (broad SMARTS) is 1. The molecule has 7 nitrogen and oxygen atoms in total. The van der Waals surface area contributed by atoms with Gasteiger partial charge in [-0.3, -0.25) is 4.79 Å². The van der Waals surface area contributed by atoms with Gasteiger partial charge < -0.3 is 14.9 Å². The van der Waals surface area contributed by atoms with Crippen molar-refractivity contribution in [3.63, 3.8) is 0 Å². The van der Waals surface area contributed by atoms with Gasteiger partial charge in [0.25, 0.3) is 0 Å². The van der Waals surface area contributed by atoms with Crippen molar-refractivity contribution in [1.82, 2.24) is 4.72 Å². The summed E-state index contributed by atoms with van der Waals surface area (Å²) in [6.07, 6.45) is 0. The summed E-state index contributed by atoms with van der Waals surface area (Å²) >= 11 is 1.15. The predicted octanol–water partition coefficient (Wildman–Crippen LogP) is 2.85. The maximum atomic E-state index is 12.9. The molecule has 2 aromatic carbocycles. The molecule has 0 aliphatic rings. The summed E-state index contributed by atoms with van der Waals surface area (Å²) in [6, 6.07) is 9.34. The van der Waals surface area contributed by atoms with E-state index in [0.29, 0.717) is 11.5 Å². The van der Waals surface area contributed by atoms with Gasteiger partial charge in [0, 0.05) is 10.5 Å². The number of hydrogen-bond acceptors (Lipinski definition) is 6. The van der Waals surface area contributed by atoms with Crippen LogP contribution in [0, 0.1) is 5.82 Å². The van der Waals surface area contributed by atoms with Crippen LogP contribution in [0.3, 0.4) is 0 Å². The molecule has 1 atom stereocenters. The van der Waals surface area contributed by atoms with Gasteiger partial charge in [-0.15, -0.1) is 0 Å². The number of carbonyl (C=O) groups is 1. The number of aliphatic hydroxyl groups excluding tert-OH is 1. The molecular weight excluding hydrogens is 421 g/mol. The van der Waals surface area contributed by atoms with E-state index in [2.05, 4.69) is 4.72 Å². The van der Waals surface area contributed by atoms with Gasteiger partial charge in [-0.25, -0.2) is 12.8 Å². The molecule has 0 fully saturated rings. The Morgan fingerprint density at radius 1 is 1.14 bits per heavy atom. The van der Waals surface area contributed by atoms with E-state index in [1.165, 1.54) is 48.5 Å². The number of hydrogen-bond donors (Lipinski definition) is 3. The van der Waals surface area contributed by atoms with E-state index in [1.54, 1.807) is 13.8 Å². The molecule has 0 aliphatic heterocycles.